The van der Waals surface area contributed by atoms with E-state index in [0.717, 1.165) is 30.7 Å². The van der Waals surface area contributed by atoms with Gasteiger partial charge in [-0.1, -0.05) is 23.9 Å². The lowest BCUT2D eigenvalue weighted by Gasteiger charge is -2.13. The maximum atomic E-state index is 13.0. The average Bonchev–Trinajstić information content (AvgIpc) is 3.24. The number of anilines is 1. The van der Waals surface area contributed by atoms with Gasteiger partial charge in [-0.3, -0.25) is 9.36 Å². The lowest BCUT2D eigenvalue weighted by Crippen LogP contribution is -2.25. The standard InChI is InChI=1S/C16H17F3N4O3S/c17-16(18,19)11-5-1-2-6-12(11)20-13(24)9-27-15-22-21-14(25)23(15)8-10-4-3-7-26-10/h1-2,5-6,10H,3-4,7-9H2,(H,20,24)(H,21,25)/t10-/m1/s1. The van der Waals surface area contributed by atoms with E-state index in [1.54, 1.807) is 0 Å². The molecule has 11 heteroatoms. The Bertz CT molecular complexity index is 859. The average molecular weight is 402 g/mol. The van der Waals surface area contributed by atoms with Crippen molar-refractivity contribution in [3.63, 3.8) is 0 Å². The Morgan fingerprint density at radius 3 is 2.89 bits per heavy atom. The molecule has 1 saturated heterocycles. The largest absolute Gasteiger partial charge is 0.418 e. The summed E-state index contributed by atoms with van der Waals surface area (Å²) in [6.07, 6.45) is -2.91. The van der Waals surface area contributed by atoms with Gasteiger partial charge in [-0.25, -0.2) is 9.89 Å². The van der Waals surface area contributed by atoms with Crippen molar-refractivity contribution in [1.82, 2.24) is 14.8 Å². The molecule has 0 aliphatic carbocycles. The van der Waals surface area contributed by atoms with Crippen LogP contribution < -0.4 is 11.0 Å². The maximum Gasteiger partial charge on any atom is 0.418 e. The van der Waals surface area contributed by atoms with Crippen LogP contribution in [0.2, 0.25) is 0 Å². The van der Waals surface area contributed by atoms with Gasteiger partial charge in [-0.2, -0.15) is 13.2 Å². The lowest BCUT2D eigenvalue weighted by atomic mass is 10.1. The van der Waals surface area contributed by atoms with Crippen molar-refractivity contribution < 1.29 is 22.7 Å². The van der Waals surface area contributed by atoms with E-state index in [1.807, 2.05) is 0 Å². The fraction of sp³-hybridized carbons (Fsp3) is 0.438. The molecule has 0 bridgehead atoms. The number of thioether (sulfide) groups is 1. The normalized spacial score (nSPS) is 17.2. The van der Waals surface area contributed by atoms with Crippen LogP contribution in [0.5, 0.6) is 0 Å². The number of aromatic nitrogens is 3. The van der Waals surface area contributed by atoms with Gasteiger partial charge < -0.3 is 10.1 Å². The number of para-hydroxylation sites is 1. The van der Waals surface area contributed by atoms with Crippen LogP contribution in [-0.4, -0.2) is 39.1 Å². The monoisotopic (exact) mass is 402 g/mol. The number of nitrogens with zero attached hydrogens (tertiary/aromatic N) is 2. The Hall–Kier alpha value is -2.27. The zero-order valence-corrected chi connectivity index (χ0v) is 14.9. The van der Waals surface area contributed by atoms with E-state index >= 15 is 0 Å². The van der Waals surface area contributed by atoms with Gasteiger partial charge in [0, 0.05) is 6.61 Å². The first kappa shape index (κ1) is 19.5. The second kappa shape index (κ2) is 8.17. The Balaban J connectivity index is 1.63. The Labute approximate surface area is 156 Å². The quantitative estimate of drug-likeness (QED) is 0.725. The van der Waals surface area contributed by atoms with Crippen LogP contribution in [0.4, 0.5) is 18.9 Å². The van der Waals surface area contributed by atoms with Gasteiger partial charge in [0.05, 0.1) is 29.7 Å². The molecular formula is C16H17F3N4O3S. The number of alkyl halides is 3. The van der Waals surface area contributed by atoms with E-state index < -0.39 is 23.3 Å². The van der Waals surface area contributed by atoms with E-state index in [2.05, 4.69) is 15.5 Å². The third-order valence-electron chi connectivity index (χ3n) is 3.97. The van der Waals surface area contributed by atoms with Crippen molar-refractivity contribution in [2.45, 2.75) is 36.8 Å². The Morgan fingerprint density at radius 2 is 2.19 bits per heavy atom. The highest BCUT2D eigenvalue weighted by Gasteiger charge is 2.33. The van der Waals surface area contributed by atoms with Crippen molar-refractivity contribution in [3.05, 3.63) is 40.3 Å². The van der Waals surface area contributed by atoms with Gasteiger partial charge >= 0.3 is 11.9 Å². The molecule has 1 aromatic carbocycles. The van der Waals surface area contributed by atoms with Crippen LogP contribution in [0.25, 0.3) is 0 Å². The molecule has 0 unspecified atom stereocenters. The van der Waals surface area contributed by atoms with Crippen molar-refractivity contribution in [2.24, 2.45) is 0 Å². The SMILES string of the molecule is O=C(CSc1n[nH]c(=O)n1C[C@H]1CCCO1)Nc1ccccc1C(F)(F)F. The molecule has 27 heavy (non-hydrogen) atoms. The number of benzene rings is 1. The van der Waals surface area contributed by atoms with Gasteiger partial charge in [0.1, 0.15) is 0 Å². The summed E-state index contributed by atoms with van der Waals surface area (Å²) >= 11 is 0.964. The molecule has 3 rings (SSSR count). The van der Waals surface area contributed by atoms with Crippen molar-refractivity contribution in [3.8, 4) is 0 Å². The number of carbonyl (C=O) groups excluding carboxylic acids is 1. The van der Waals surface area contributed by atoms with E-state index in [9.17, 15) is 22.8 Å². The minimum atomic E-state index is -4.57. The molecule has 2 aromatic rings. The number of hydrogen-bond donors (Lipinski definition) is 2. The summed E-state index contributed by atoms with van der Waals surface area (Å²) in [6.45, 7) is 0.955. The molecule has 0 saturated carbocycles. The maximum absolute atomic E-state index is 13.0. The molecule has 0 radical (unpaired) electrons. The summed E-state index contributed by atoms with van der Waals surface area (Å²) in [5.74, 6) is -0.821. The fourth-order valence-corrected chi connectivity index (χ4v) is 3.48. The van der Waals surface area contributed by atoms with Crippen LogP contribution in [0.1, 0.15) is 18.4 Å². The molecule has 2 heterocycles. The predicted octanol–water partition coefficient (Wildman–Crippen LogP) is 2.50. The number of nitrogens with one attached hydrogen (secondary N) is 2. The summed E-state index contributed by atoms with van der Waals surface area (Å²) in [5, 5.41) is 8.72. The van der Waals surface area contributed by atoms with Crippen molar-refractivity contribution in [1.29, 1.82) is 0 Å². The smallest absolute Gasteiger partial charge is 0.376 e. The van der Waals surface area contributed by atoms with Gasteiger partial charge in [0.15, 0.2) is 5.16 Å². The first-order valence-corrected chi connectivity index (χ1v) is 9.19. The second-order valence-electron chi connectivity index (χ2n) is 5.94. The number of halogens is 3. The fourth-order valence-electron chi connectivity index (χ4n) is 2.72. The first-order valence-electron chi connectivity index (χ1n) is 8.20. The highest BCUT2D eigenvalue weighted by Crippen LogP contribution is 2.34. The summed E-state index contributed by atoms with van der Waals surface area (Å²) in [6, 6.07) is 4.74. The molecular weight excluding hydrogens is 385 g/mol. The highest BCUT2D eigenvalue weighted by atomic mass is 32.2. The molecule has 1 aliphatic rings. The predicted molar refractivity (Wildman–Crippen MR) is 92.6 cm³/mol. The molecule has 1 amide bonds. The van der Waals surface area contributed by atoms with E-state index in [-0.39, 0.29) is 22.7 Å². The Kier molecular flexibility index (Phi) is 5.90. The minimum Gasteiger partial charge on any atom is -0.376 e. The van der Waals surface area contributed by atoms with Crippen molar-refractivity contribution in [2.75, 3.05) is 17.7 Å². The zero-order valence-electron chi connectivity index (χ0n) is 14.1. The van der Waals surface area contributed by atoms with E-state index in [4.69, 9.17) is 4.74 Å². The third-order valence-corrected chi connectivity index (χ3v) is 4.95. The van der Waals surface area contributed by atoms with Gasteiger partial charge in [-0.05, 0) is 25.0 Å². The molecule has 1 aromatic heterocycles. The number of H-pyrrole nitrogens is 1. The van der Waals surface area contributed by atoms with Crippen LogP contribution in [0.15, 0.2) is 34.2 Å². The number of aromatic amines is 1. The lowest BCUT2D eigenvalue weighted by molar-refractivity contribution is -0.137. The zero-order chi connectivity index (χ0) is 19.4. The van der Waals surface area contributed by atoms with Gasteiger partial charge in [0.2, 0.25) is 5.91 Å². The number of hydrogen-bond acceptors (Lipinski definition) is 5. The van der Waals surface area contributed by atoms with E-state index in [0.29, 0.717) is 13.2 Å². The van der Waals surface area contributed by atoms with Gasteiger partial charge in [0.25, 0.3) is 0 Å². The molecule has 2 N–H and O–H groups in total. The highest BCUT2D eigenvalue weighted by molar-refractivity contribution is 7.99. The number of rotatable bonds is 6. The topological polar surface area (TPSA) is 89.0 Å². The van der Waals surface area contributed by atoms with Crippen LogP contribution in [0.3, 0.4) is 0 Å². The summed E-state index contributed by atoms with van der Waals surface area (Å²) in [5.41, 5.74) is -1.65. The van der Waals surface area contributed by atoms with Gasteiger partial charge in [-0.15, -0.1) is 5.10 Å². The number of carbonyl (C=O) groups is 1. The summed E-state index contributed by atoms with van der Waals surface area (Å²) < 4.78 is 45.8. The second-order valence-corrected chi connectivity index (χ2v) is 6.88. The van der Waals surface area contributed by atoms with Crippen LogP contribution >= 0.6 is 11.8 Å². The Morgan fingerprint density at radius 1 is 1.41 bits per heavy atom. The molecule has 146 valence electrons. The molecule has 0 spiro atoms. The van der Waals surface area contributed by atoms with E-state index in [1.165, 1.54) is 22.8 Å². The third kappa shape index (κ3) is 4.92. The first-order chi connectivity index (χ1) is 12.8. The van der Waals surface area contributed by atoms with Crippen LogP contribution in [0, 0.1) is 0 Å². The molecule has 1 aliphatic heterocycles. The summed E-state index contributed by atoms with van der Waals surface area (Å²) in [4.78, 5) is 23.9. The number of amides is 1. The molecule has 7 nitrogen and oxygen atoms in total. The number of ether oxygens (including phenoxy) is 1. The molecule has 1 atom stereocenters. The minimum absolute atomic E-state index is 0.0906. The molecule has 1 fully saturated rings. The summed E-state index contributed by atoms with van der Waals surface area (Å²) in [7, 11) is 0. The van der Waals surface area contributed by atoms with Crippen LogP contribution in [-0.2, 0) is 22.3 Å². The van der Waals surface area contributed by atoms with Crippen molar-refractivity contribution >= 4 is 23.4 Å².